The quantitative estimate of drug-likeness (QED) is 0.664. The number of nitrogens with zero attached hydrogens (tertiary/aromatic N) is 2. The number of nitrogens with two attached hydrogens (primary N) is 1. The minimum Gasteiger partial charge on any atom is -0.368 e. The molecule has 0 saturated carbocycles. The minimum absolute atomic E-state index is 0.315. The maximum absolute atomic E-state index is 12.4. The highest BCUT2D eigenvalue weighted by Crippen LogP contribution is 2.26. The number of benzene rings is 1. The molecule has 2 heterocycles. The van der Waals surface area contributed by atoms with E-state index < -0.39 is 11.9 Å². The average molecular weight is 354 g/mol. The molecule has 3 rings (SSSR count). The Kier molecular flexibility index (Phi) is 5.04. The van der Waals surface area contributed by atoms with Gasteiger partial charge in [-0.2, -0.15) is 0 Å². The van der Waals surface area contributed by atoms with Crippen LogP contribution in [0.1, 0.15) is 23.0 Å². The maximum atomic E-state index is 12.4. The Balaban J connectivity index is 1.74. The lowest BCUT2D eigenvalue weighted by molar-refractivity contribution is -0.119. The van der Waals surface area contributed by atoms with Crippen molar-refractivity contribution in [2.24, 2.45) is 5.73 Å². The normalized spacial score (nSPS) is 12.0. The van der Waals surface area contributed by atoms with Crippen LogP contribution in [-0.4, -0.2) is 27.2 Å². The van der Waals surface area contributed by atoms with Gasteiger partial charge < -0.3 is 15.5 Å². The van der Waals surface area contributed by atoms with E-state index in [-0.39, 0.29) is 5.91 Å². The standard InChI is InChI=1S/C18H18N4O2S/c1-12(17(19)23)20-18(24)14-6-2-3-7-15(14)25-11-13-10-22-9-5-4-8-16(22)21-13/h2-10,12H,11H2,1H3,(H2,19,23)(H,20,24)/t12-/m0/s1. The summed E-state index contributed by atoms with van der Waals surface area (Å²) in [6.07, 6.45) is 3.92. The van der Waals surface area contributed by atoms with E-state index in [9.17, 15) is 9.59 Å². The highest BCUT2D eigenvalue weighted by atomic mass is 32.2. The van der Waals surface area contributed by atoms with Crippen molar-refractivity contribution in [1.29, 1.82) is 0 Å². The van der Waals surface area contributed by atoms with Crippen LogP contribution in [0.15, 0.2) is 59.8 Å². The molecule has 0 aliphatic rings. The molecule has 0 bridgehead atoms. The van der Waals surface area contributed by atoms with Crippen molar-refractivity contribution in [2.45, 2.75) is 23.6 Å². The number of rotatable bonds is 6. The molecule has 0 aliphatic heterocycles. The number of thioether (sulfide) groups is 1. The summed E-state index contributed by atoms with van der Waals surface area (Å²) in [5.74, 6) is -0.246. The van der Waals surface area contributed by atoms with Crippen molar-refractivity contribution in [3.8, 4) is 0 Å². The molecule has 1 atom stereocenters. The van der Waals surface area contributed by atoms with E-state index in [0.717, 1.165) is 16.2 Å². The molecular formula is C18H18N4O2S. The SMILES string of the molecule is C[C@H](NC(=O)c1ccccc1SCc1cn2ccccc2n1)C(N)=O. The number of amides is 2. The van der Waals surface area contributed by atoms with Gasteiger partial charge in [-0.05, 0) is 31.2 Å². The molecule has 2 amide bonds. The van der Waals surface area contributed by atoms with Gasteiger partial charge in [-0.15, -0.1) is 11.8 Å². The van der Waals surface area contributed by atoms with E-state index in [2.05, 4.69) is 10.3 Å². The molecule has 7 heteroatoms. The number of primary amides is 1. The highest BCUT2D eigenvalue weighted by Gasteiger charge is 2.16. The van der Waals surface area contributed by atoms with E-state index >= 15 is 0 Å². The second-order valence-electron chi connectivity index (χ2n) is 5.58. The van der Waals surface area contributed by atoms with Crippen LogP contribution in [-0.2, 0) is 10.5 Å². The summed E-state index contributed by atoms with van der Waals surface area (Å²) < 4.78 is 1.96. The summed E-state index contributed by atoms with van der Waals surface area (Å²) in [5, 5.41) is 2.61. The highest BCUT2D eigenvalue weighted by molar-refractivity contribution is 7.98. The molecule has 0 fully saturated rings. The molecule has 128 valence electrons. The zero-order chi connectivity index (χ0) is 17.8. The van der Waals surface area contributed by atoms with Gasteiger partial charge in [0.1, 0.15) is 11.7 Å². The Morgan fingerprint density at radius 3 is 2.76 bits per heavy atom. The van der Waals surface area contributed by atoms with Crippen molar-refractivity contribution in [3.63, 3.8) is 0 Å². The zero-order valence-corrected chi connectivity index (χ0v) is 14.5. The first-order valence-corrected chi connectivity index (χ1v) is 8.78. The summed E-state index contributed by atoms with van der Waals surface area (Å²) in [4.78, 5) is 28.9. The zero-order valence-electron chi connectivity index (χ0n) is 13.7. The molecule has 0 unspecified atom stereocenters. The first-order chi connectivity index (χ1) is 12.0. The van der Waals surface area contributed by atoms with Crippen LogP contribution in [0.2, 0.25) is 0 Å². The van der Waals surface area contributed by atoms with Gasteiger partial charge in [0.05, 0.1) is 11.3 Å². The average Bonchev–Trinajstić information content (AvgIpc) is 3.03. The van der Waals surface area contributed by atoms with Gasteiger partial charge in [0.25, 0.3) is 5.91 Å². The third-order valence-corrected chi connectivity index (χ3v) is 4.80. The number of carbonyl (C=O) groups is 2. The van der Waals surface area contributed by atoms with Crippen molar-refractivity contribution in [3.05, 3.63) is 66.1 Å². The van der Waals surface area contributed by atoms with Crippen LogP contribution in [0.5, 0.6) is 0 Å². The van der Waals surface area contributed by atoms with Crippen molar-refractivity contribution < 1.29 is 9.59 Å². The summed E-state index contributed by atoms with van der Waals surface area (Å²) in [7, 11) is 0. The van der Waals surface area contributed by atoms with E-state index in [1.165, 1.54) is 11.8 Å². The fourth-order valence-corrected chi connectivity index (χ4v) is 3.27. The number of imidazole rings is 1. The van der Waals surface area contributed by atoms with E-state index in [0.29, 0.717) is 11.3 Å². The van der Waals surface area contributed by atoms with Gasteiger partial charge in [0, 0.05) is 23.0 Å². The molecule has 0 aliphatic carbocycles. The van der Waals surface area contributed by atoms with E-state index in [4.69, 9.17) is 5.73 Å². The molecule has 6 nitrogen and oxygen atoms in total. The summed E-state index contributed by atoms with van der Waals surface area (Å²) >= 11 is 1.53. The fraction of sp³-hybridized carbons (Fsp3) is 0.167. The number of carbonyl (C=O) groups excluding carboxylic acids is 2. The number of hydrogen-bond acceptors (Lipinski definition) is 4. The van der Waals surface area contributed by atoms with Crippen LogP contribution in [0.3, 0.4) is 0 Å². The van der Waals surface area contributed by atoms with Crippen LogP contribution in [0.25, 0.3) is 5.65 Å². The number of pyridine rings is 1. The first-order valence-electron chi connectivity index (χ1n) is 7.79. The second kappa shape index (κ2) is 7.40. The summed E-state index contributed by atoms with van der Waals surface area (Å²) in [6, 6.07) is 12.4. The Labute approximate surface area is 149 Å². The predicted molar refractivity (Wildman–Crippen MR) is 97.3 cm³/mol. The molecule has 0 radical (unpaired) electrons. The van der Waals surface area contributed by atoms with Gasteiger partial charge in [-0.25, -0.2) is 4.98 Å². The summed E-state index contributed by atoms with van der Waals surface area (Å²) in [6.45, 7) is 1.56. The Morgan fingerprint density at radius 1 is 1.24 bits per heavy atom. The molecule has 25 heavy (non-hydrogen) atoms. The smallest absolute Gasteiger partial charge is 0.253 e. The van der Waals surface area contributed by atoms with Crippen molar-refractivity contribution in [2.75, 3.05) is 0 Å². The predicted octanol–water partition coefficient (Wildman–Crippen LogP) is 2.23. The van der Waals surface area contributed by atoms with E-state index in [1.54, 1.807) is 19.1 Å². The van der Waals surface area contributed by atoms with Crippen LogP contribution >= 0.6 is 11.8 Å². The third kappa shape index (κ3) is 4.00. The molecule has 3 aromatic rings. The minimum atomic E-state index is -0.719. The second-order valence-corrected chi connectivity index (χ2v) is 6.60. The lowest BCUT2D eigenvalue weighted by Gasteiger charge is -2.12. The van der Waals surface area contributed by atoms with E-state index in [1.807, 2.05) is 47.1 Å². The lowest BCUT2D eigenvalue weighted by Crippen LogP contribution is -2.42. The largest absolute Gasteiger partial charge is 0.368 e. The van der Waals surface area contributed by atoms with Crippen LogP contribution in [0, 0.1) is 0 Å². The van der Waals surface area contributed by atoms with Gasteiger partial charge in [0.15, 0.2) is 0 Å². The first kappa shape index (κ1) is 17.0. The number of fused-ring (bicyclic) bond motifs is 1. The topological polar surface area (TPSA) is 89.5 Å². The monoisotopic (exact) mass is 354 g/mol. The number of nitrogens with one attached hydrogen (secondary N) is 1. The third-order valence-electron chi connectivity index (χ3n) is 3.70. The Bertz CT molecular complexity index is 889. The number of aromatic nitrogens is 2. The molecule has 0 spiro atoms. The number of hydrogen-bond donors (Lipinski definition) is 2. The van der Waals surface area contributed by atoms with Crippen molar-refractivity contribution >= 4 is 29.2 Å². The van der Waals surface area contributed by atoms with Crippen LogP contribution < -0.4 is 11.1 Å². The molecule has 1 aromatic carbocycles. The molecule has 3 N–H and O–H groups in total. The van der Waals surface area contributed by atoms with Crippen molar-refractivity contribution in [1.82, 2.24) is 14.7 Å². The summed E-state index contributed by atoms with van der Waals surface area (Å²) in [5.41, 5.74) is 7.54. The molecular weight excluding hydrogens is 336 g/mol. The fourth-order valence-electron chi connectivity index (χ4n) is 2.33. The Morgan fingerprint density at radius 2 is 2.00 bits per heavy atom. The lowest BCUT2D eigenvalue weighted by atomic mass is 10.2. The van der Waals surface area contributed by atoms with Crippen LogP contribution in [0.4, 0.5) is 0 Å². The van der Waals surface area contributed by atoms with Gasteiger partial charge in [0.2, 0.25) is 5.91 Å². The Hall–Kier alpha value is -2.80. The van der Waals surface area contributed by atoms with Gasteiger partial charge >= 0.3 is 0 Å². The van der Waals surface area contributed by atoms with Gasteiger partial charge in [-0.3, -0.25) is 9.59 Å². The molecule has 0 saturated heterocycles. The molecule has 2 aromatic heterocycles. The maximum Gasteiger partial charge on any atom is 0.253 e. The van der Waals surface area contributed by atoms with Gasteiger partial charge in [-0.1, -0.05) is 18.2 Å².